The Balaban J connectivity index is 1.70. The van der Waals surface area contributed by atoms with Crippen LogP contribution in [-0.2, 0) is 14.4 Å². The van der Waals surface area contributed by atoms with Gasteiger partial charge < -0.3 is 10.1 Å². The lowest BCUT2D eigenvalue weighted by Gasteiger charge is -2.30. The van der Waals surface area contributed by atoms with Gasteiger partial charge in [0.15, 0.2) is 0 Å². The quantitative estimate of drug-likeness (QED) is 0.833. The zero-order chi connectivity index (χ0) is 18.0. The van der Waals surface area contributed by atoms with E-state index in [0.29, 0.717) is 16.5 Å². The van der Waals surface area contributed by atoms with Crippen molar-refractivity contribution in [2.75, 3.05) is 19.0 Å². The second-order valence-electron chi connectivity index (χ2n) is 6.70. The molecule has 2 aliphatic rings. The lowest BCUT2D eigenvalue weighted by molar-refractivity contribution is -0.144. The van der Waals surface area contributed by atoms with Crippen LogP contribution < -0.4 is 10.1 Å². The molecule has 0 aromatic heterocycles. The fourth-order valence-electron chi connectivity index (χ4n) is 3.75. The highest BCUT2D eigenvalue weighted by Gasteiger charge is 2.51. The SMILES string of the molecule is COc1ccc(Cl)cc1NC(=O)CN1C(=O)CC2(CCCCC2)C1=O. The number of methoxy groups -OCH3 is 1. The number of nitrogens with one attached hydrogen (secondary N) is 1. The number of halogens is 1. The summed E-state index contributed by atoms with van der Waals surface area (Å²) in [4.78, 5) is 38.5. The normalized spacial score (nSPS) is 19.4. The van der Waals surface area contributed by atoms with Crippen LogP contribution in [0.25, 0.3) is 0 Å². The van der Waals surface area contributed by atoms with Crippen LogP contribution in [-0.4, -0.2) is 36.3 Å². The number of amides is 3. The van der Waals surface area contributed by atoms with E-state index < -0.39 is 11.3 Å². The van der Waals surface area contributed by atoms with Crippen molar-refractivity contribution in [3.05, 3.63) is 23.2 Å². The van der Waals surface area contributed by atoms with Gasteiger partial charge in [-0.3, -0.25) is 19.3 Å². The van der Waals surface area contributed by atoms with Crippen molar-refractivity contribution in [3.63, 3.8) is 0 Å². The smallest absolute Gasteiger partial charge is 0.244 e. The second kappa shape index (κ2) is 7.04. The van der Waals surface area contributed by atoms with E-state index in [1.54, 1.807) is 18.2 Å². The monoisotopic (exact) mass is 364 g/mol. The molecule has 134 valence electrons. The van der Waals surface area contributed by atoms with E-state index in [0.717, 1.165) is 37.0 Å². The van der Waals surface area contributed by atoms with Crippen LogP contribution in [0.2, 0.25) is 5.02 Å². The summed E-state index contributed by atoms with van der Waals surface area (Å²) >= 11 is 5.95. The lowest BCUT2D eigenvalue weighted by atomic mass is 9.73. The summed E-state index contributed by atoms with van der Waals surface area (Å²) in [6.07, 6.45) is 4.70. The molecular weight excluding hydrogens is 344 g/mol. The van der Waals surface area contributed by atoms with Gasteiger partial charge in [-0.15, -0.1) is 0 Å². The molecule has 1 saturated carbocycles. The zero-order valence-electron chi connectivity index (χ0n) is 14.1. The van der Waals surface area contributed by atoms with E-state index in [9.17, 15) is 14.4 Å². The molecule has 0 unspecified atom stereocenters. The predicted octanol–water partition coefficient (Wildman–Crippen LogP) is 3.00. The molecule has 1 aromatic rings. The van der Waals surface area contributed by atoms with Gasteiger partial charge in [-0.05, 0) is 31.0 Å². The van der Waals surface area contributed by atoms with Gasteiger partial charge in [0.25, 0.3) is 0 Å². The molecule has 6 nitrogen and oxygen atoms in total. The van der Waals surface area contributed by atoms with Crippen LogP contribution in [0.15, 0.2) is 18.2 Å². The van der Waals surface area contributed by atoms with Gasteiger partial charge in [-0.1, -0.05) is 30.9 Å². The number of ether oxygens (including phenoxy) is 1. The van der Waals surface area contributed by atoms with Crippen molar-refractivity contribution in [2.45, 2.75) is 38.5 Å². The maximum absolute atomic E-state index is 12.7. The van der Waals surface area contributed by atoms with E-state index in [-0.39, 0.29) is 24.8 Å². The number of likely N-dealkylation sites (tertiary alicyclic amines) is 1. The topological polar surface area (TPSA) is 75.7 Å². The molecule has 3 rings (SSSR count). The molecule has 25 heavy (non-hydrogen) atoms. The van der Waals surface area contributed by atoms with Crippen molar-refractivity contribution < 1.29 is 19.1 Å². The molecule has 3 amide bonds. The Morgan fingerprint density at radius 3 is 2.68 bits per heavy atom. The highest BCUT2D eigenvalue weighted by Crippen LogP contribution is 2.45. The first-order valence-electron chi connectivity index (χ1n) is 8.43. The van der Waals surface area contributed by atoms with Crippen LogP contribution in [0.4, 0.5) is 5.69 Å². The van der Waals surface area contributed by atoms with Crippen molar-refractivity contribution in [1.29, 1.82) is 0 Å². The molecule has 1 saturated heterocycles. The third kappa shape index (κ3) is 3.49. The Morgan fingerprint density at radius 2 is 2.00 bits per heavy atom. The summed E-state index contributed by atoms with van der Waals surface area (Å²) in [5.41, 5.74) is -0.171. The number of carbonyl (C=O) groups is 3. The molecule has 0 atom stereocenters. The Kier molecular flexibility index (Phi) is 4.99. The van der Waals surface area contributed by atoms with Gasteiger partial charge in [0.2, 0.25) is 17.7 Å². The number of benzene rings is 1. The van der Waals surface area contributed by atoms with Crippen LogP contribution in [0, 0.1) is 5.41 Å². The fourth-order valence-corrected chi connectivity index (χ4v) is 3.92. The van der Waals surface area contributed by atoms with Crippen LogP contribution in [0.5, 0.6) is 5.75 Å². The first-order valence-corrected chi connectivity index (χ1v) is 8.81. The molecule has 0 radical (unpaired) electrons. The molecule has 2 fully saturated rings. The minimum Gasteiger partial charge on any atom is -0.495 e. The molecule has 1 aliphatic carbocycles. The molecule has 7 heteroatoms. The molecule has 1 N–H and O–H groups in total. The third-order valence-corrected chi connectivity index (χ3v) is 5.27. The van der Waals surface area contributed by atoms with Crippen molar-refractivity contribution in [3.8, 4) is 5.75 Å². The average molecular weight is 365 g/mol. The maximum atomic E-state index is 12.7. The van der Waals surface area contributed by atoms with E-state index >= 15 is 0 Å². The molecule has 1 spiro atoms. The van der Waals surface area contributed by atoms with Crippen molar-refractivity contribution >= 4 is 35.0 Å². The Labute approximate surface area is 151 Å². The van der Waals surface area contributed by atoms with Crippen LogP contribution >= 0.6 is 11.6 Å². The highest BCUT2D eigenvalue weighted by molar-refractivity contribution is 6.31. The van der Waals surface area contributed by atoms with Gasteiger partial charge >= 0.3 is 0 Å². The summed E-state index contributed by atoms with van der Waals surface area (Å²) in [6, 6.07) is 4.85. The molecule has 1 aliphatic heterocycles. The maximum Gasteiger partial charge on any atom is 0.244 e. The van der Waals surface area contributed by atoms with Crippen molar-refractivity contribution in [2.24, 2.45) is 5.41 Å². The van der Waals surface area contributed by atoms with Gasteiger partial charge in [0, 0.05) is 11.4 Å². The summed E-state index contributed by atoms with van der Waals surface area (Å²) in [5.74, 6) is -0.457. The average Bonchev–Trinajstić information content (AvgIpc) is 2.80. The number of nitrogens with zero attached hydrogens (tertiary/aromatic N) is 1. The van der Waals surface area contributed by atoms with Crippen LogP contribution in [0.1, 0.15) is 38.5 Å². The lowest BCUT2D eigenvalue weighted by Crippen LogP contribution is -2.41. The zero-order valence-corrected chi connectivity index (χ0v) is 14.9. The summed E-state index contributed by atoms with van der Waals surface area (Å²) in [6.45, 7) is -0.283. The second-order valence-corrected chi connectivity index (χ2v) is 7.13. The Bertz CT molecular complexity index is 713. The van der Waals surface area contributed by atoms with Crippen molar-refractivity contribution in [1.82, 2.24) is 4.90 Å². The molecule has 0 bridgehead atoms. The number of anilines is 1. The van der Waals surface area contributed by atoms with E-state index in [2.05, 4.69) is 5.32 Å². The number of hydrogen-bond donors (Lipinski definition) is 1. The summed E-state index contributed by atoms with van der Waals surface area (Å²) in [7, 11) is 1.49. The molecule has 1 aromatic carbocycles. The molecule has 1 heterocycles. The minimum atomic E-state index is -0.580. The largest absolute Gasteiger partial charge is 0.495 e. The summed E-state index contributed by atoms with van der Waals surface area (Å²) < 4.78 is 5.18. The van der Waals surface area contributed by atoms with Crippen LogP contribution in [0.3, 0.4) is 0 Å². The Morgan fingerprint density at radius 1 is 1.28 bits per heavy atom. The van der Waals surface area contributed by atoms with Gasteiger partial charge in [0.05, 0.1) is 18.2 Å². The Hall–Kier alpha value is -2.08. The van der Waals surface area contributed by atoms with Gasteiger partial charge in [-0.2, -0.15) is 0 Å². The fraction of sp³-hybridized carbons (Fsp3) is 0.500. The van der Waals surface area contributed by atoms with E-state index in [4.69, 9.17) is 16.3 Å². The first-order chi connectivity index (χ1) is 11.9. The number of hydrogen-bond acceptors (Lipinski definition) is 4. The van der Waals surface area contributed by atoms with E-state index in [1.807, 2.05) is 0 Å². The highest BCUT2D eigenvalue weighted by atomic mass is 35.5. The minimum absolute atomic E-state index is 0.203. The molecular formula is C18H21ClN2O4. The standard InChI is InChI=1S/C18H21ClN2O4/c1-25-14-6-5-12(19)9-13(14)20-15(22)11-21-16(23)10-18(17(21)24)7-3-2-4-8-18/h5-6,9H,2-4,7-8,10-11H2,1H3,(H,20,22). The summed E-state index contributed by atoms with van der Waals surface area (Å²) in [5, 5.41) is 3.12. The first kappa shape index (κ1) is 17.7. The number of rotatable bonds is 4. The number of carbonyl (C=O) groups excluding carboxylic acids is 3. The number of imide groups is 1. The van der Waals surface area contributed by atoms with Gasteiger partial charge in [-0.25, -0.2) is 0 Å². The third-order valence-electron chi connectivity index (χ3n) is 5.04. The predicted molar refractivity (Wildman–Crippen MR) is 93.5 cm³/mol. The van der Waals surface area contributed by atoms with E-state index in [1.165, 1.54) is 7.11 Å². The van der Waals surface area contributed by atoms with Gasteiger partial charge in [0.1, 0.15) is 12.3 Å².